The number of aromatic nitrogens is 2. The Bertz CT molecular complexity index is 441. The van der Waals surface area contributed by atoms with Crippen LogP contribution in [-0.2, 0) is 0 Å². The molecule has 6 heteroatoms. The molecule has 3 atom stereocenters. The molecule has 1 saturated heterocycles. The van der Waals surface area contributed by atoms with Gasteiger partial charge in [0.2, 0.25) is 0 Å². The zero-order valence-electron chi connectivity index (χ0n) is 14.4. The van der Waals surface area contributed by atoms with Crippen molar-refractivity contribution in [1.29, 1.82) is 0 Å². The van der Waals surface area contributed by atoms with Gasteiger partial charge < -0.3 is 15.3 Å². The largest absolute Gasteiger partial charge is 0.390 e. The molecule has 2 heterocycles. The van der Waals surface area contributed by atoms with Gasteiger partial charge in [-0.05, 0) is 33.4 Å². The van der Waals surface area contributed by atoms with Crippen molar-refractivity contribution < 1.29 is 5.11 Å². The van der Waals surface area contributed by atoms with E-state index in [0.29, 0.717) is 6.54 Å². The second-order valence-corrected chi connectivity index (χ2v) is 6.69. The van der Waals surface area contributed by atoms with Gasteiger partial charge in [0.1, 0.15) is 0 Å². The summed E-state index contributed by atoms with van der Waals surface area (Å²) in [5.41, 5.74) is 1.18. The normalized spacial score (nSPS) is 21.7. The number of aliphatic hydroxyl groups excluding tert-OH is 1. The highest BCUT2D eigenvalue weighted by molar-refractivity contribution is 5.00. The molecular weight excluding hydrogens is 278 g/mol. The number of likely N-dealkylation sites (N-methyl/N-ethyl adjacent to an activating group) is 1. The fourth-order valence-corrected chi connectivity index (χ4v) is 2.77. The van der Waals surface area contributed by atoms with Gasteiger partial charge in [0.25, 0.3) is 0 Å². The second-order valence-electron chi connectivity index (χ2n) is 6.69. The Morgan fingerprint density at radius 1 is 1.27 bits per heavy atom. The molecule has 0 spiro atoms. The van der Waals surface area contributed by atoms with E-state index in [1.165, 1.54) is 5.56 Å². The Labute approximate surface area is 134 Å². The van der Waals surface area contributed by atoms with E-state index >= 15 is 0 Å². The smallest absolute Gasteiger partial charge is 0.0791 e. The number of β-amino-alcohol motifs (C(OH)–C–C–N with tert-alkyl or cyclic N) is 1. The van der Waals surface area contributed by atoms with E-state index in [0.717, 1.165) is 32.7 Å². The van der Waals surface area contributed by atoms with Crippen molar-refractivity contribution in [3.63, 3.8) is 0 Å². The summed E-state index contributed by atoms with van der Waals surface area (Å²) < 4.78 is 1.99. The molecule has 126 valence electrons. The second kappa shape index (κ2) is 8.06. The molecule has 0 aliphatic carbocycles. The first kappa shape index (κ1) is 17.4. The van der Waals surface area contributed by atoms with Crippen molar-refractivity contribution in [2.45, 2.75) is 39.0 Å². The van der Waals surface area contributed by atoms with Crippen molar-refractivity contribution in [1.82, 2.24) is 24.9 Å². The fourth-order valence-electron chi connectivity index (χ4n) is 2.77. The first-order chi connectivity index (χ1) is 10.5. The fraction of sp³-hybridized carbons (Fsp3) is 0.812. The van der Waals surface area contributed by atoms with Crippen LogP contribution < -0.4 is 5.32 Å². The lowest BCUT2D eigenvalue weighted by molar-refractivity contribution is 0.0777. The summed E-state index contributed by atoms with van der Waals surface area (Å²) in [4.78, 5) is 4.67. The van der Waals surface area contributed by atoms with Crippen molar-refractivity contribution in [2.75, 3.05) is 46.3 Å². The number of hydrogen-bond acceptors (Lipinski definition) is 5. The molecule has 1 aromatic rings. The van der Waals surface area contributed by atoms with Crippen LogP contribution in [0.5, 0.6) is 0 Å². The molecule has 0 unspecified atom stereocenters. The van der Waals surface area contributed by atoms with Crippen LogP contribution in [0.15, 0.2) is 12.4 Å². The lowest BCUT2D eigenvalue weighted by atomic mass is 10.1. The highest BCUT2D eigenvalue weighted by Gasteiger charge is 2.19. The molecule has 2 rings (SSSR count). The standard InChI is InChI=1S/C16H31N5O/c1-13-9-18-21(11-13)15(3)14(2)17-10-16(22)12-20-7-5-19(4)6-8-20/h9,11,14-17,22H,5-8,10,12H2,1-4H3/t14-,15+,16+/m0/s1. The number of piperazine rings is 1. The Kier molecular flexibility index (Phi) is 6.37. The summed E-state index contributed by atoms with van der Waals surface area (Å²) in [5.74, 6) is 0. The summed E-state index contributed by atoms with van der Waals surface area (Å²) in [6.45, 7) is 12.0. The molecule has 6 nitrogen and oxygen atoms in total. The number of aliphatic hydroxyl groups is 1. The Hall–Kier alpha value is -0.950. The van der Waals surface area contributed by atoms with E-state index in [2.05, 4.69) is 47.3 Å². The van der Waals surface area contributed by atoms with E-state index in [4.69, 9.17) is 0 Å². The molecule has 0 saturated carbocycles. The lowest BCUT2D eigenvalue weighted by Crippen LogP contribution is -2.49. The van der Waals surface area contributed by atoms with E-state index < -0.39 is 0 Å². The quantitative estimate of drug-likeness (QED) is 0.761. The minimum atomic E-state index is -0.322. The van der Waals surface area contributed by atoms with Gasteiger partial charge in [-0.15, -0.1) is 0 Å². The molecule has 1 fully saturated rings. The van der Waals surface area contributed by atoms with Crippen molar-refractivity contribution in [3.8, 4) is 0 Å². The highest BCUT2D eigenvalue weighted by Crippen LogP contribution is 2.10. The number of nitrogens with one attached hydrogen (secondary N) is 1. The van der Waals surface area contributed by atoms with Gasteiger partial charge in [-0.1, -0.05) is 0 Å². The minimum Gasteiger partial charge on any atom is -0.390 e. The van der Waals surface area contributed by atoms with Crippen molar-refractivity contribution >= 4 is 0 Å². The topological polar surface area (TPSA) is 56.6 Å². The molecule has 1 aromatic heterocycles. The lowest BCUT2D eigenvalue weighted by Gasteiger charge is -2.34. The Morgan fingerprint density at radius 2 is 1.95 bits per heavy atom. The predicted octanol–water partition coefficient (Wildman–Crippen LogP) is 0.339. The van der Waals surface area contributed by atoms with Crippen LogP contribution in [0.4, 0.5) is 0 Å². The third-order valence-electron chi connectivity index (χ3n) is 4.61. The van der Waals surface area contributed by atoms with E-state index in [-0.39, 0.29) is 18.2 Å². The van der Waals surface area contributed by atoms with Crippen LogP contribution in [0.3, 0.4) is 0 Å². The maximum absolute atomic E-state index is 10.2. The summed E-state index contributed by atoms with van der Waals surface area (Å²) >= 11 is 0. The molecule has 2 N–H and O–H groups in total. The third kappa shape index (κ3) is 5.05. The van der Waals surface area contributed by atoms with Crippen LogP contribution >= 0.6 is 0 Å². The van der Waals surface area contributed by atoms with Gasteiger partial charge in [-0.2, -0.15) is 5.10 Å². The Morgan fingerprint density at radius 3 is 2.55 bits per heavy atom. The molecule has 1 aliphatic heterocycles. The van der Waals surface area contributed by atoms with E-state index in [9.17, 15) is 5.11 Å². The predicted molar refractivity (Wildman–Crippen MR) is 89.1 cm³/mol. The third-order valence-corrected chi connectivity index (χ3v) is 4.61. The molecule has 22 heavy (non-hydrogen) atoms. The highest BCUT2D eigenvalue weighted by atomic mass is 16.3. The van der Waals surface area contributed by atoms with E-state index in [1.807, 2.05) is 17.8 Å². The summed E-state index contributed by atoms with van der Waals surface area (Å²) in [7, 11) is 2.15. The molecule has 1 aliphatic rings. The van der Waals surface area contributed by atoms with Gasteiger partial charge in [0.15, 0.2) is 0 Å². The average Bonchev–Trinajstić information content (AvgIpc) is 2.93. The van der Waals surface area contributed by atoms with Crippen LogP contribution in [-0.4, -0.2) is 83.1 Å². The molecule has 0 radical (unpaired) electrons. The van der Waals surface area contributed by atoms with Crippen LogP contribution in [0.2, 0.25) is 0 Å². The SMILES string of the molecule is Cc1cnn([C@H](C)[C@H](C)NC[C@@H](O)CN2CCN(C)CC2)c1. The van der Waals surface area contributed by atoms with Crippen molar-refractivity contribution in [2.24, 2.45) is 0 Å². The zero-order valence-corrected chi connectivity index (χ0v) is 14.4. The molecular formula is C16H31N5O. The number of aryl methyl sites for hydroxylation is 1. The average molecular weight is 309 g/mol. The first-order valence-electron chi connectivity index (χ1n) is 8.29. The van der Waals surface area contributed by atoms with Crippen LogP contribution in [0, 0.1) is 6.92 Å². The van der Waals surface area contributed by atoms with Gasteiger partial charge in [0, 0.05) is 51.5 Å². The molecule has 0 aromatic carbocycles. The maximum Gasteiger partial charge on any atom is 0.0791 e. The van der Waals surface area contributed by atoms with Crippen LogP contribution in [0.25, 0.3) is 0 Å². The number of nitrogens with zero attached hydrogens (tertiary/aromatic N) is 4. The maximum atomic E-state index is 10.2. The summed E-state index contributed by atoms with van der Waals surface area (Å²) in [5, 5.41) is 18.0. The summed E-state index contributed by atoms with van der Waals surface area (Å²) in [6.07, 6.45) is 3.62. The van der Waals surface area contributed by atoms with E-state index in [1.54, 1.807) is 0 Å². The summed E-state index contributed by atoms with van der Waals surface area (Å²) in [6, 6.07) is 0.533. The molecule has 0 amide bonds. The molecule has 0 bridgehead atoms. The monoisotopic (exact) mass is 309 g/mol. The Balaban J connectivity index is 1.70. The van der Waals surface area contributed by atoms with Gasteiger partial charge in [-0.3, -0.25) is 9.58 Å². The van der Waals surface area contributed by atoms with Crippen LogP contribution in [0.1, 0.15) is 25.5 Å². The first-order valence-corrected chi connectivity index (χ1v) is 8.29. The minimum absolute atomic E-state index is 0.265. The van der Waals surface area contributed by atoms with Gasteiger partial charge >= 0.3 is 0 Å². The van der Waals surface area contributed by atoms with Gasteiger partial charge in [-0.25, -0.2) is 0 Å². The van der Waals surface area contributed by atoms with Gasteiger partial charge in [0.05, 0.1) is 18.3 Å². The zero-order chi connectivity index (χ0) is 16.1. The number of hydrogen-bond donors (Lipinski definition) is 2. The van der Waals surface area contributed by atoms with Crippen molar-refractivity contribution in [3.05, 3.63) is 18.0 Å². The number of rotatable bonds is 7.